The number of epoxide rings is 1. The molecule has 6 nitrogen and oxygen atoms in total. The second-order valence-corrected chi connectivity index (χ2v) is 6.69. The van der Waals surface area contributed by atoms with Crippen LogP contribution >= 0.6 is 11.6 Å². The van der Waals surface area contributed by atoms with Crippen molar-refractivity contribution in [2.75, 3.05) is 5.01 Å². The summed E-state index contributed by atoms with van der Waals surface area (Å²) in [5.74, 6) is 0.438. The number of fused-ring (bicyclic) bond motifs is 5. The van der Waals surface area contributed by atoms with Crippen LogP contribution in [0.15, 0.2) is 23.6 Å². The van der Waals surface area contributed by atoms with E-state index in [-0.39, 0.29) is 12.3 Å². The highest BCUT2D eigenvalue weighted by molar-refractivity contribution is 6.33. The number of anilines is 1. The van der Waals surface area contributed by atoms with Crippen molar-refractivity contribution in [3.63, 3.8) is 0 Å². The largest absolute Gasteiger partial charge is 0.350 e. The Morgan fingerprint density at radius 3 is 3.17 bits per heavy atom. The monoisotopic (exact) mass is 342 g/mol. The topological polar surface area (TPSA) is 63.0 Å². The molecule has 1 saturated heterocycles. The minimum absolute atomic E-state index is 0.0408. The van der Waals surface area contributed by atoms with Gasteiger partial charge < -0.3 is 9.30 Å². The van der Waals surface area contributed by atoms with Crippen molar-refractivity contribution in [1.29, 1.82) is 0 Å². The zero-order valence-corrected chi connectivity index (χ0v) is 13.6. The Bertz CT molecular complexity index is 876. The van der Waals surface area contributed by atoms with Crippen molar-refractivity contribution in [3.05, 3.63) is 45.9 Å². The molecule has 0 aliphatic carbocycles. The lowest BCUT2D eigenvalue weighted by Gasteiger charge is -2.18. The number of aromatic nitrogens is 2. The van der Waals surface area contributed by atoms with Gasteiger partial charge >= 0.3 is 0 Å². The van der Waals surface area contributed by atoms with E-state index < -0.39 is 0 Å². The number of halogens is 1. The Morgan fingerprint density at radius 2 is 2.29 bits per heavy atom. The molecule has 0 aromatic carbocycles. The van der Waals surface area contributed by atoms with Gasteiger partial charge in [0.05, 0.1) is 16.8 Å². The quantitative estimate of drug-likeness (QED) is 0.622. The number of hydrogen-bond acceptors (Lipinski definition) is 5. The molecular formula is C17H15ClN4O2. The lowest BCUT2D eigenvalue weighted by Crippen LogP contribution is -2.23. The Morgan fingerprint density at radius 1 is 1.38 bits per heavy atom. The molecule has 24 heavy (non-hydrogen) atoms. The van der Waals surface area contributed by atoms with E-state index in [2.05, 4.69) is 20.8 Å². The van der Waals surface area contributed by atoms with E-state index in [1.54, 1.807) is 17.3 Å². The maximum absolute atomic E-state index is 11.4. The van der Waals surface area contributed by atoms with Gasteiger partial charge in [-0.25, -0.2) is 9.99 Å². The number of carbonyl (C=O) groups is 1. The molecule has 2 atom stereocenters. The van der Waals surface area contributed by atoms with Crippen LogP contribution in [0.2, 0.25) is 5.02 Å². The van der Waals surface area contributed by atoms with Crippen LogP contribution in [-0.2, 0) is 17.7 Å². The minimum Gasteiger partial charge on any atom is -0.350 e. The number of aldehydes is 1. The van der Waals surface area contributed by atoms with Crippen molar-refractivity contribution < 1.29 is 9.53 Å². The van der Waals surface area contributed by atoms with Gasteiger partial charge in [0.2, 0.25) is 0 Å². The molecule has 2 aromatic rings. The number of nitrogens with zero attached hydrogens (tertiary/aromatic N) is 4. The third-order valence-corrected chi connectivity index (χ3v) is 5.23. The van der Waals surface area contributed by atoms with Gasteiger partial charge in [-0.15, -0.1) is 0 Å². The van der Waals surface area contributed by atoms with Gasteiger partial charge in [-0.2, -0.15) is 5.10 Å². The van der Waals surface area contributed by atoms with Crippen molar-refractivity contribution in [2.24, 2.45) is 5.10 Å². The van der Waals surface area contributed by atoms with E-state index in [0.29, 0.717) is 22.7 Å². The van der Waals surface area contributed by atoms with Crippen molar-refractivity contribution in [1.82, 2.24) is 9.55 Å². The fraction of sp³-hybridized carbons (Fsp3) is 0.353. The Labute approximate surface area is 143 Å². The maximum Gasteiger partial charge on any atom is 0.183 e. The molecular weight excluding hydrogens is 328 g/mol. The first-order valence-corrected chi connectivity index (χ1v) is 8.46. The van der Waals surface area contributed by atoms with E-state index in [0.717, 1.165) is 18.5 Å². The Balaban J connectivity index is 1.60. The molecule has 5 heterocycles. The fourth-order valence-electron chi connectivity index (χ4n) is 3.67. The van der Waals surface area contributed by atoms with Crippen LogP contribution in [-0.4, -0.2) is 28.3 Å². The molecule has 1 unspecified atom stereocenters. The van der Waals surface area contributed by atoms with E-state index in [4.69, 9.17) is 16.3 Å². The van der Waals surface area contributed by atoms with Gasteiger partial charge in [-0.1, -0.05) is 11.6 Å². The van der Waals surface area contributed by atoms with E-state index in [9.17, 15) is 4.79 Å². The number of aryl methyl sites for hydroxylation is 1. The lowest BCUT2D eigenvalue weighted by atomic mass is 10.0. The molecule has 3 aliphatic rings. The normalized spacial score (nSPS) is 24.0. The van der Waals surface area contributed by atoms with Gasteiger partial charge in [0.25, 0.3) is 0 Å². The molecule has 0 spiro atoms. The minimum atomic E-state index is -0.239. The number of carbonyl (C=O) groups excluding carboxylic acids is 1. The summed E-state index contributed by atoms with van der Waals surface area (Å²) in [4.78, 5) is 15.7. The number of pyridine rings is 1. The van der Waals surface area contributed by atoms with Crippen LogP contribution in [0.5, 0.6) is 0 Å². The summed E-state index contributed by atoms with van der Waals surface area (Å²) in [7, 11) is 0. The van der Waals surface area contributed by atoms with Crippen molar-refractivity contribution in [3.8, 4) is 0 Å². The molecule has 122 valence electrons. The molecule has 5 rings (SSSR count). The van der Waals surface area contributed by atoms with E-state index in [1.807, 2.05) is 6.21 Å². The highest BCUT2D eigenvalue weighted by atomic mass is 35.5. The summed E-state index contributed by atoms with van der Waals surface area (Å²) >= 11 is 6.12. The van der Waals surface area contributed by atoms with Gasteiger partial charge in [0, 0.05) is 35.8 Å². The lowest BCUT2D eigenvalue weighted by molar-refractivity contribution is 0.112. The predicted molar refractivity (Wildman–Crippen MR) is 89.7 cm³/mol. The van der Waals surface area contributed by atoms with Crippen LogP contribution in [0.3, 0.4) is 0 Å². The zero-order valence-electron chi connectivity index (χ0n) is 12.9. The first-order chi connectivity index (χ1) is 11.8. The van der Waals surface area contributed by atoms with E-state index in [1.165, 1.54) is 24.1 Å². The first-order valence-electron chi connectivity index (χ1n) is 8.08. The number of hydrazone groups is 1. The fourth-order valence-corrected chi connectivity index (χ4v) is 3.86. The average Bonchev–Trinajstić information content (AvgIpc) is 3.32. The highest BCUT2D eigenvalue weighted by Gasteiger charge is 2.50. The van der Waals surface area contributed by atoms with E-state index >= 15 is 0 Å². The Kier molecular flexibility index (Phi) is 3.05. The zero-order chi connectivity index (χ0) is 16.3. The first kappa shape index (κ1) is 14.2. The average molecular weight is 343 g/mol. The second-order valence-electron chi connectivity index (χ2n) is 6.28. The molecule has 0 bridgehead atoms. The predicted octanol–water partition coefficient (Wildman–Crippen LogP) is 2.94. The molecule has 0 radical (unpaired) electrons. The molecule has 0 amide bonds. The smallest absolute Gasteiger partial charge is 0.183 e. The summed E-state index contributed by atoms with van der Waals surface area (Å²) < 4.78 is 8.19. The highest BCUT2D eigenvalue weighted by Crippen LogP contribution is 2.47. The number of ether oxygens (including phenoxy) is 1. The van der Waals surface area contributed by atoms with Crippen LogP contribution in [0.4, 0.5) is 5.82 Å². The van der Waals surface area contributed by atoms with Gasteiger partial charge in [-0.05, 0) is 25.3 Å². The van der Waals surface area contributed by atoms with Gasteiger partial charge in [-0.3, -0.25) is 4.79 Å². The summed E-state index contributed by atoms with van der Waals surface area (Å²) in [6, 6.07) is 1.60. The van der Waals surface area contributed by atoms with Crippen LogP contribution in [0.25, 0.3) is 0 Å². The third-order valence-electron chi connectivity index (χ3n) is 4.90. The Hall–Kier alpha value is -2.18. The summed E-state index contributed by atoms with van der Waals surface area (Å²) in [5.41, 5.74) is 3.99. The standard InChI is InChI=1S/C17H15ClN4O2/c18-13-4-5-19-16(12(13)9-23)22-17-15(24-17)11-8-21-6-2-1-3-14(21)10(11)7-20-22/h4-5,7-9,15,17H,1-3,6H2/t15?,17-/m0/s1. The second kappa shape index (κ2) is 5.16. The third kappa shape index (κ3) is 1.96. The SMILES string of the molecule is O=Cc1c(Cl)ccnc1N1N=Cc2c(cn3c2CCCC3)C2O[C@@H]21. The molecule has 0 saturated carbocycles. The van der Waals surface area contributed by atoms with Crippen molar-refractivity contribution in [2.45, 2.75) is 38.1 Å². The molecule has 0 N–H and O–H groups in total. The van der Waals surface area contributed by atoms with Crippen LogP contribution in [0, 0.1) is 0 Å². The van der Waals surface area contributed by atoms with Crippen molar-refractivity contribution >= 4 is 29.9 Å². The molecule has 1 fully saturated rings. The number of hydrogen-bond donors (Lipinski definition) is 0. The molecule has 7 heteroatoms. The summed E-state index contributed by atoms with van der Waals surface area (Å²) in [5, 5.41) is 6.61. The molecule has 2 aromatic heterocycles. The van der Waals surface area contributed by atoms with Gasteiger partial charge in [0.15, 0.2) is 18.3 Å². The van der Waals surface area contributed by atoms with Crippen LogP contribution < -0.4 is 5.01 Å². The van der Waals surface area contributed by atoms with Crippen LogP contribution in [0.1, 0.15) is 46.1 Å². The molecule has 3 aliphatic heterocycles. The maximum atomic E-state index is 11.4. The summed E-state index contributed by atoms with van der Waals surface area (Å²) in [6.07, 6.45) is 9.56. The summed E-state index contributed by atoms with van der Waals surface area (Å²) in [6.45, 7) is 1.06. The van der Waals surface area contributed by atoms with Gasteiger partial charge in [0.1, 0.15) is 6.10 Å². The number of rotatable bonds is 2.